The standard InChI is InChI=1S/C16H18FNO2/c17-14-6-7-16(20)13(9-14)10-18-15(11-19)8-12-4-2-1-3-5-12/h1-7,9,15,18-20H,8,10-11H2/t15-/m0/s1. The number of benzene rings is 2. The van der Waals surface area contributed by atoms with Crippen LogP contribution in [0.4, 0.5) is 4.39 Å². The third-order valence-electron chi connectivity index (χ3n) is 3.17. The van der Waals surface area contributed by atoms with E-state index in [1.165, 1.54) is 18.2 Å². The van der Waals surface area contributed by atoms with Crippen molar-refractivity contribution in [3.8, 4) is 5.75 Å². The van der Waals surface area contributed by atoms with Gasteiger partial charge in [0.05, 0.1) is 6.61 Å². The lowest BCUT2D eigenvalue weighted by Gasteiger charge is -2.17. The number of hydrogen-bond donors (Lipinski definition) is 3. The van der Waals surface area contributed by atoms with Gasteiger partial charge in [-0.2, -0.15) is 0 Å². The second-order valence-corrected chi connectivity index (χ2v) is 4.72. The van der Waals surface area contributed by atoms with Crippen molar-refractivity contribution in [2.75, 3.05) is 6.61 Å². The molecular weight excluding hydrogens is 257 g/mol. The van der Waals surface area contributed by atoms with Crippen molar-refractivity contribution in [3.63, 3.8) is 0 Å². The molecule has 1 atom stereocenters. The lowest BCUT2D eigenvalue weighted by atomic mass is 10.1. The fourth-order valence-electron chi connectivity index (χ4n) is 2.05. The van der Waals surface area contributed by atoms with E-state index in [2.05, 4.69) is 5.32 Å². The van der Waals surface area contributed by atoms with Crippen LogP contribution in [-0.2, 0) is 13.0 Å². The van der Waals surface area contributed by atoms with E-state index in [-0.39, 0.29) is 24.2 Å². The summed E-state index contributed by atoms with van der Waals surface area (Å²) in [5, 5.41) is 22.2. The molecular formula is C16H18FNO2. The van der Waals surface area contributed by atoms with Gasteiger partial charge in [0, 0.05) is 18.2 Å². The Labute approximate surface area is 117 Å². The van der Waals surface area contributed by atoms with E-state index in [9.17, 15) is 14.6 Å². The normalized spacial score (nSPS) is 12.3. The molecule has 2 aromatic rings. The third kappa shape index (κ3) is 4.05. The first-order valence-corrected chi connectivity index (χ1v) is 6.54. The number of aromatic hydroxyl groups is 1. The lowest BCUT2D eigenvalue weighted by molar-refractivity contribution is 0.240. The van der Waals surface area contributed by atoms with E-state index in [0.717, 1.165) is 5.56 Å². The zero-order chi connectivity index (χ0) is 14.4. The molecule has 4 heteroatoms. The molecule has 0 amide bonds. The summed E-state index contributed by atoms with van der Waals surface area (Å²) in [6.45, 7) is 0.284. The average molecular weight is 275 g/mol. The van der Waals surface area contributed by atoms with Gasteiger partial charge in [0.2, 0.25) is 0 Å². The number of hydrogen-bond acceptors (Lipinski definition) is 3. The predicted octanol–water partition coefficient (Wildman–Crippen LogP) is 2.22. The van der Waals surface area contributed by atoms with E-state index in [4.69, 9.17) is 0 Å². The number of phenols is 1. The molecule has 0 fully saturated rings. The first kappa shape index (κ1) is 14.5. The molecule has 106 valence electrons. The van der Waals surface area contributed by atoms with Crippen LogP contribution in [0.15, 0.2) is 48.5 Å². The van der Waals surface area contributed by atoms with Gasteiger partial charge in [-0.25, -0.2) is 4.39 Å². The molecule has 2 aromatic carbocycles. The highest BCUT2D eigenvalue weighted by Crippen LogP contribution is 2.17. The molecule has 0 heterocycles. The Morgan fingerprint density at radius 3 is 2.55 bits per heavy atom. The summed E-state index contributed by atoms with van der Waals surface area (Å²) in [7, 11) is 0. The molecule has 0 bridgehead atoms. The molecule has 0 aliphatic rings. The molecule has 0 spiro atoms. The average Bonchev–Trinajstić information content (AvgIpc) is 2.47. The lowest BCUT2D eigenvalue weighted by Crippen LogP contribution is -2.34. The topological polar surface area (TPSA) is 52.5 Å². The van der Waals surface area contributed by atoms with Crippen LogP contribution in [0.1, 0.15) is 11.1 Å². The smallest absolute Gasteiger partial charge is 0.123 e. The first-order valence-electron chi connectivity index (χ1n) is 6.54. The zero-order valence-electron chi connectivity index (χ0n) is 11.1. The van der Waals surface area contributed by atoms with Crippen molar-refractivity contribution in [2.45, 2.75) is 19.0 Å². The highest BCUT2D eigenvalue weighted by atomic mass is 19.1. The molecule has 2 rings (SSSR count). The molecule has 3 N–H and O–H groups in total. The van der Waals surface area contributed by atoms with Gasteiger partial charge in [-0.15, -0.1) is 0 Å². The Morgan fingerprint density at radius 1 is 1.10 bits per heavy atom. The Bertz CT molecular complexity index is 545. The minimum atomic E-state index is -0.386. The Hall–Kier alpha value is -1.91. The highest BCUT2D eigenvalue weighted by molar-refractivity contribution is 5.32. The van der Waals surface area contributed by atoms with E-state index in [0.29, 0.717) is 18.5 Å². The van der Waals surface area contributed by atoms with E-state index >= 15 is 0 Å². The quantitative estimate of drug-likeness (QED) is 0.757. The third-order valence-corrected chi connectivity index (χ3v) is 3.17. The van der Waals surface area contributed by atoms with Gasteiger partial charge < -0.3 is 15.5 Å². The maximum atomic E-state index is 13.1. The van der Waals surface area contributed by atoms with E-state index in [1.54, 1.807) is 0 Å². The molecule has 0 unspecified atom stereocenters. The number of aliphatic hydroxyl groups excluding tert-OH is 1. The zero-order valence-corrected chi connectivity index (χ0v) is 11.1. The largest absolute Gasteiger partial charge is 0.508 e. The molecule has 0 aliphatic heterocycles. The molecule has 3 nitrogen and oxygen atoms in total. The molecule has 0 saturated carbocycles. The molecule has 20 heavy (non-hydrogen) atoms. The van der Waals surface area contributed by atoms with Crippen molar-refractivity contribution < 1.29 is 14.6 Å². The second kappa shape index (κ2) is 7.03. The summed E-state index contributed by atoms with van der Waals surface area (Å²) in [6.07, 6.45) is 0.674. The molecule has 0 aliphatic carbocycles. The van der Waals surface area contributed by atoms with Crippen molar-refractivity contribution in [2.24, 2.45) is 0 Å². The van der Waals surface area contributed by atoms with Crippen molar-refractivity contribution in [3.05, 3.63) is 65.5 Å². The maximum absolute atomic E-state index is 13.1. The van der Waals surface area contributed by atoms with Gasteiger partial charge in [-0.05, 0) is 30.2 Å². The van der Waals surface area contributed by atoms with Crippen molar-refractivity contribution >= 4 is 0 Å². The van der Waals surface area contributed by atoms with Gasteiger partial charge in [0.15, 0.2) is 0 Å². The summed E-state index contributed by atoms with van der Waals surface area (Å²) < 4.78 is 13.1. The molecule has 0 aromatic heterocycles. The summed E-state index contributed by atoms with van der Waals surface area (Å²) in [6, 6.07) is 13.5. The summed E-state index contributed by atoms with van der Waals surface area (Å²) >= 11 is 0. The fourth-order valence-corrected chi connectivity index (χ4v) is 2.05. The van der Waals surface area contributed by atoms with Crippen LogP contribution >= 0.6 is 0 Å². The summed E-state index contributed by atoms with van der Waals surface area (Å²) in [5.41, 5.74) is 1.60. The predicted molar refractivity (Wildman–Crippen MR) is 75.9 cm³/mol. The van der Waals surface area contributed by atoms with Gasteiger partial charge in [-0.1, -0.05) is 30.3 Å². The summed E-state index contributed by atoms with van der Waals surface area (Å²) in [5.74, 6) is -0.335. The summed E-state index contributed by atoms with van der Waals surface area (Å²) in [4.78, 5) is 0. The van der Waals surface area contributed by atoms with Crippen molar-refractivity contribution in [1.82, 2.24) is 5.32 Å². The van der Waals surface area contributed by atoms with Gasteiger partial charge in [0.25, 0.3) is 0 Å². The number of nitrogens with one attached hydrogen (secondary N) is 1. The van der Waals surface area contributed by atoms with Crippen LogP contribution in [0, 0.1) is 5.82 Å². The van der Waals surface area contributed by atoms with Gasteiger partial charge in [-0.3, -0.25) is 0 Å². The van der Waals surface area contributed by atoms with E-state index < -0.39 is 0 Å². The van der Waals surface area contributed by atoms with Crippen LogP contribution in [0.5, 0.6) is 5.75 Å². The minimum absolute atomic E-state index is 0.0228. The number of halogens is 1. The van der Waals surface area contributed by atoms with Crippen LogP contribution in [0.2, 0.25) is 0 Å². The Kier molecular flexibility index (Phi) is 5.09. The minimum Gasteiger partial charge on any atom is -0.508 e. The monoisotopic (exact) mass is 275 g/mol. The van der Waals surface area contributed by atoms with Crippen LogP contribution in [0.3, 0.4) is 0 Å². The Balaban J connectivity index is 1.95. The van der Waals surface area contributed by atoms with Crippen LogP contribution in [-0.4, -0.2) is 22.9 Å². The Morgan fingerprint density at radius 2 is 1.85 bits per heavy atom. The van der Waals surface area contributed by atoms with Gasteiger partial charge in [0.1, 0.15) is 11.6 Å². The van der Waals surface area contributed by atoms with Crippen molar-refractivity contribution in [1.29, 1.82) is 0 Å². The van der Waals surface area contributed by atoms with Gasteiger partial charge >= 0.3 is 0 Å². The van der Waals surface area contributed by atoms with E-state index in [1.807, 2.05) is 30.3 Å². The fraction of sp³-hybridized carbons (Fsp3) is 0.250. The first-order chi connectivity index (χ1) is 9.69. The highest BCUT2D eigenvalue weighted by Gasteiger charge is 2.10. The van der Waals surface area contributed by atoms with Crippen LogP contribution in [0.25, 0.3) is 0 Å². The molecule has 0 saturated heterocycles. The number of rotatable bonds is 6. The number of aliphatic hydroxyl groups is 1. The molecule has 0 radical (unpaired) electrons. The van der Waals surface area contributed by atoms with Crippen LogP contribution < -0.4 is 5.32 Å². The second-order valence-electron chi connectivity index (χ2n) is 4.72. The number of phenolic OH excluding ortho intramolecular Hbond substituents is 1. The maximum Gasteiger partial charge on any atom is 0.123 e. The SMILES string of the molecule is OC[C@H](Cc1ccccc1)NCc1cc(F)ccc1O.